The first kappa shape index (κ1) is 22.0. The first-order chi connectivity index (χ1) is 14.6. The Morgan fingerprint density at radius 1 is 1.00 bits per heavy atom. The predicted molar refractivity (Wildman–Crippen MR) is 116 cm³/mol. The SMILES string of the molecule is CCC(=O)N(Cc1ccc(F)cc1)[C@H](Cc1ccccc1)C(=O)NC1CCCCC1. The lowest BCUT2D eigenvalue weighted by atomic mass is 9.94. The number of hydrogen-bond acceptors (Lipinski definition) is 2. The highest BCUT2D eigenvalue weighted by atomic mass is 19.1. The van der Waals surface area contributed by atoms with E-state index in [2.05, 4.69) is 5.32 Å². The Morgan fingerprint density at radius 3 is 2.30 bits per heavy atom. The van der Waals surface area contributed by atoms with Crippen molar-refractivity contribution in [3.63, 3.8) is 0 Å². The Labute approximate surface area is 178 Å². The Morgan fingerprint density at radius 2 is 1.67 bits per heavy atom. The molecule has 0 unspecified atom stereocenters. The number of hydrogen-bond donors (Lipinski definition) is 1. The van der Waals surface area contributed by atoms with Crippen LogP contribution in [-0.2, 0) is 22.6 Å². The van der Waals surface area contributed by atoms with Gasteiger partial charge in [0.25, 0.3) is 0 Å². The van der Waals surface area contributed by atoms with Gasteiger partial charge in [0, 0.05) is 25.4 Å². The number of carbonyl (C=O) groups is 2. The molecular formula is C25H31FN2O2. The molecule has 1 aliphatic carbocycles. The monoisotopic (exact) mass is 410 g/mol. The number of halogens is 1. The number of carbonyl (C=O) groups excluding carboxylic acids is 2. The van der Waals surface area contributed by atoms with Crippen LogP contribution in [0.1, 0.15) is 56.6 Å². The molecule has 5 heteroatoms. The van der Waals surface area contributed by atoms with Crippen LogP contribution in [0.3, 0.4) is 0 Å². The number of nitrogens with one attached hydrogen (secondary N) is 1. The third-order valence-electron chi connectivity index (χ3n) is 5.79. The molecule has 0 radical (unpaired) electrons. The standard InChI is InChI=1S/C25H31FN2O2/c1-2-24(29)28(18-20-13-15-21(26)16-14-20)23(17-19-9-5-3-6-10-19)25(30)27-22-11-7-4-8-12-22/h3,5-6,9-10,13-16,22-23H,2,4,7-8,11-12,17-18H2,1H3,(H,27,30)/t23-/m1/s1. The summed E-state index contributed by atoms with van der Waals surface area (Å²) < 4.78 is 13.3. The van der Waals surface area contributed by atoms with Gasteiger partial charge in [-0.05, 0) is 36.1 Å². The minimum absolute atomic E-state index is 0.0842. The molecule has 30 heavy (non-hydrogen) atoms. The third kappa shape index (κ3) is 6.15. The van der Waals surface area contributed by atoms with Crippen molar-refractivity contribution >= 4 is 11.8 Å². The quantitative estimate of drug-likeness (QED) is 0.690. The van der Waals surface area contributed by atoms with E-state index in [1.165, 1.54) is 18.6 Å². The normalized spacial score (nSPS) is 15.4. The van der Waals surface area contributed by atoms with Gasteiger partial charge in [0.05, 0.1) is 0 Å². The van der Waals surface area contributed by atoms with E-state index in [4.69, 9.17) is 0 Å². The number of amides is 2. The van der Waals surface area contributed by atoms with Crippen LogP contribution in [0.25, 0.3) is 0 Å². The number of benzene rings is 2. The van der Waals surface area contributed by atoms with E-state index in [1.807, 2.05) is 30.3 Å². The first-order valence-electron chi connectivity index (χ1n) is 10.9. The third-order valence-corrected chi connectivity index (χ3v) is 5.79. The van der Waals surface area contributed by atoms with Gasteiger partial charge >= 0.3 is 0 Å². The van der Waals surface area contributed by atoms with Gasteiger partial charge in [-0.15, -0.1) is 0 Å². The molecule has 0 saturated heterocycles. The fourth-order valence-corrected chi connectivity index (χ4v) is 4.09. The van der Waals surface area contributed by atoms with Gasteiger partial charge < -0.3 is 10.2 Å². The molecule has 2 aromatic carbocycles. The molecule has 0 spiro atoms. The fourth-order valence-electron chi connectivity index (χ4n) is 4.09. The van der Waals surface area contributed by atoms with E-state index >= 15 is 0 Å². The Balaban J connectivity index is 1.85. The Hall–Kier alpha value is -2.69. The summed E-state index contributed by atoms with van der Waals surface area (Å²) in [5.74, 6) is -0.503. The van der Waals surface area contributed by atoms with Crippen molar-refractivity contribution in [2.45, 2.75) is 70.5 Å². The van der Waals surface area contributed by atoms with E-state index in [-0.39, 0.29) is 30.2 Å². The Bertz CT molecular complexity index is 817. The van der Waals surface area contributed by atoms with Crippen LogP contribution in [0.15, 0.2) is 54.6 Å². The van der Waals surface area contributed by atoms with Gasteiger partial charge in [0.15, 0.2) is 0 Å². The molecule has 2 amide bonds. The summed E-state index contributed by atoms with van der Waals surface area (Å²) in [6.07, 6.45) is 6.20. The largest absolute Gasteiger partial charge is 0.352 e. The summed E-state index contributed by atoms with van der Waals surface area (Å²) in [4.78, 5) is 27.9. The molecule has 3 rings (SSSR count). The molecule has 1 fully saturated rings. The summed E-state index contributed by atoms with van der Waals surface area (Å²) in [5, 5.41) is 3.20. The van der Waals surface area contributed by atoms with Crippen molar-refractivity contribution in [2.75, 3.05) is 0 Å². The second-order valence-corrected chi connectivity index (χ2v) is 8.05. The number of rotatable bonds is 8. The van der Waals surface area contributed by atoms with Gasteiger partial charge in [-0.3, -0.25) is 9.59 Å². The molecule has 0 bridgehead atoms. The lowest BCUT2D eigenvalue weighted by Gasteiger charge is -2.33. The van der Waals surface area contributed by atoms with Crippen molar-refractivity contribution in [1.29, 1.82) is 0 Å². The summed E-state index contributed by atoms with van der Waals surface area (Å²) in [6, 6.07) is 15.5. The number of nitrogens with zero attached hydrogens (tertiary/aromatic N) is 1. The first-order valence-corrected chi connectivity index (χ1v) is 10.9. The highest BCUT2D eigenvalue weighted by Crippen LogP contribution is 2.20. The molecule has 0 aliphatic heterocycles. The molecule has 160 valence electrons. The topological polar surface area (TPSA) is 49.4 Å². The van der Waals surface area contributed by atoms with Crippen LogP contribution in [0.4, 0.5) is 4.39 Å². The highest BCUT2D eigenvalue weighted by molar-refractivity contribution is 5.88. The van der Waals surface area contributed by atoms with Crippen LogP contribution in [0, 0.1) is 5.82 Å². The van der Waals surface area contributed by atoms with Crippen LogP contribution >= 0.6 is 0 Å². The van der Waals surface area contributed by atoms with Crippen LogP contribution in [0.5, 0.6) is 0 Å². The van der Waals surface area contributed by atoms with Gasteiger partial charge in [-0.1, -0.05) is 68.7 Å². The van der Waals surface area contributed by atoms with E-state index in [0.717, 1.165) is 36.8 Å². The van der Waals surface area contributed by atoms with E-state index in [1.54, 1.807) is 24.0 Å². The van der Waals surface area contributed by atoms with Crippen molar-refractivity contribution in [3.8, 4) is 0 Å². The van der Waals surface area contributed by atoms with Crippen LogP contribution in [-0.4, -0.2) is 28.8 Å². The highest BCUT2D eigenvalue weighted by Gasteiger charge is 2.31. The lowest BCUT2D eigenvalue weighted by molar-refractivity contribution is -0.141. The summed E-state index contributed by atoms with van der Waals surface area (Å²) >= 11 is 0. The average Bonchev–Trinajstić information content (AvgIpc) is 2.78. The van der Waals surface area contributed by atoms with Gasteiger partial charge in [0.1, 0.15) is 11.9 Å². The zero-order valence-corrected chi connectivity index (χ0v) is 17.6. The maximum Gasteiger partial charge on any atom is 0.243 e. The maximum atomic E-state index is 13.4. The zero-order valence-electron chi connectivity index (χ0n) is 17.6. The Kier molecular flexibility index (Phi) is 8.00. The van der Waals surface area contributed by atoms with Crippen molar-refractivity contribution < 1.29 is 14.0 Å². The van der Waals surface area contributed by atoms with E-state index < -0.39 is 6.04 Å². The van der Waals surface area contributed by atoms with E-state index in [0.29, 0.717) is 12.8 Å². The van der Waals surface area contributed by atoms with E-state index in [9.17, 15) is 14.0 Å². The summed E-state index contributed by atoms with van der Waals surface area (Å²) in [6.45, 7) is 2.08. The maximum absolute atomic E-state index is 13.4. The second-order valence-electron chi connectivity index (χ2n) is 8.05. The van der Waals surface area contributed by atoms with Crippen molar-refractivity contribution in [1.82, 2.24) is 10.2 Å². The molecule has 1 aliphatic rings. The molecule has 2 aromatic rings. The minimum Gasteiger partial charge on any atom is -0.352 e. The molecule has 4 nitrogen and oxygen atoms in total. The average molecular weight is 411 g/mol. The molecule has 1 N–H and O–H groups in total. The van der Waals surface area contributed by atoms with Gasteiger partial charge in [0.2, 0.25) is 11.8 Å². The predicted octanol–water partition coefficient (Wildman–Crippen LogP) is 4.62. The second kappa shape index (κ2) is 10.9. The molecule has 1 saturated carbocycles. The van der Waals surface area contributed by atoms with Crippen molar-refractivity contribution in [3.05, 3.63) is 71.5 Å². The summed E-state index contributed by atoms with van der Waals surface area (Å²) in [7, 11) is 0. The van der Waals surface area contributed by atoms with Crippen molar-refractivity contribution in [2.24, 2.45) is 0 Å². The van der Waals surface area contributed by atoms with Crippen LogP contribution < -0.4 is 5.32 Å². The summed E-state index contributed by atoms with van der Waals surface area (Å²) in [5.41, 5.74) is 1.82. The van der Waals surface area contributed by atoms with Crippen LogP contribution in [0.2, 0.25) is 0 Å². The van der Waals surface area contributed by atoms with Gasteiger partial charge in [-0.2, -0.15) is 0 Å². The molecule has 1 atom stereocenters. The zero-order chi connectivity index (χ0) is 21.3. The fraction of sp³-hybridized carbons (Fsp3) is 0.440. The molecule has 0 aromatic heterocycles. The lowest BCUT2D eigenvalue weighted by Crippen LogP contribution is -2.52. The van der Waals surface area contributed by atoms with Gasteiger partial charge in [-0.25, -0.2) is 4.39 Å². The molecular weight excluding hydrogens is 379 g/mol. The smallest absolute Gasteiger partial charge is 0.243 e. The molecule has 0 heterocycles. The minimum atomic E-state index is -0.605.